The van der Waals surface area contributed by atoms with E-state index in [1.807, 2.05) is 22.7 Å². The van der Waals surface area contributed by atoms with E-state index in [4.69, 9.17) is 10.00 Å². The van der Waals surface area contributed by atoms with Gasteiger partial charge < -0.3 is 15.4 Å². The maximum Gasteiger partial charge on any atom is 0.217 e. The lowest BCUT2D eigenvalue weighted by molar-refractivity contribution is -0.120. The Morgan fingerprint density at radius 1 is 1.19 bits per heavy atom. The number of nitrogens with one attached hydrogen (secondary N) is 2. The van der Waals surface area contributed by atoms with Crippen molar-refractivity contribution in [2.45, 2.75) is 58.2 Å². The molecule has 2 atom stereocenters. The highest BCUT2D eigenvalue weighted by Gasteiger charge is 2.29. The van der Waals surface area contributed by atoms with Gasteiger partial charge in [0.2, 0.25) is 5.91 Å². The lowest BCUT2D eigenvalue weighted by Crippen LogP contribution is -2.43. The van der Waals surface area contributed by atoms with Gasteiger partial charge in [0.15, 0.2) is 0 Å². The molecule has 0 aliphatic carbocycles. The number of aromatic nitrogens is 2. The van der Waals surface area contributed by atoms with Gasteiger partial charge >= 0.3 is 0 Å². The van der Waals surface area contributed by atoms with E-state index in [2.05, 4.69) is 64.1 Å². The number of rotatable bonds is 6. The van der Waals surface area contributed by atoms with Gasteiger partial charge in [-0.1, -0.05) is 12.1 Å². The Balaban J connectivity index is 1.36. The zero-order valence-electron chi connectivity index (χ0n) is 20.7. The van der Waals surface area contributed by atoms with E-state index in [1.165, 1.54) is 6.92 Å². The van der Waals surface area contributed by atoms with Crippen molar-refractivity contribution < 1.29 is 9.53 Å². The van der Waals surface area contributed by atoms with Crippen LogP contribution in [0, 0.1) is 11.3 Å². The number of hydrogen-bond donors (Lipinski definition) is 2. The Hall–Kier alpha value is -4.03. The first-order chi connectivity index (χ1) is 17.4. The molecule has 1 amide bonds. The predicted molar refractivity (Wildman–Crippen MR) is 139 cm³/mol. The number of amides is 1. The van der Waals surface area contributed by atoms with Crippen LogP contribution in [0.2, 0.25) is 0 Å². The van der Waals surface area contributed by atoms with E-state index < -0.39 is 0 Å². The molecule has 1 saturated heterocycles. The molecule has 5 rings (SSSR count). The van der Waals surface area contributed by atoms with Crippen LogP contribution in [0.3, 0.4) is 0 Å². The van der Waals surface area contributed by atoms with Gasteiger partial charge in [0, 0.05) is 36.2 Å². The number of carbonyl (C=O) groups excluding carboxylic acids is 1. The summed E-state index contributed by atoms with van der Waals surface area (Å²) in [4.78, 5) is 11.3. The molecule has 1 fully saturated rings. The van der Waals surface area contributed by atoms with Gasteiger partial charge in [-0.3, -0.25) is 4.79 Å². The second-order valence-corrected chi connectivity index (χ2v) is 9.58. The summed E-state index contributed by atoms with van der Waals surface area (Å²) in [6.07, 6.45) is 3.81. The van der Waals surface area contributed by atoms with E-state index in [9.17, 15) is 4.79 Å². The summed E-state index contributed by atoms with van der Waals surface area (Å²) >= 11 is 0. The van der Waals surface area contributed by atoms with Gasteiger partial charge in [0.05, 0.1) is 53.1 Å². The van der Waals surface area contributed by atoms with Crippen molar-refractivity contribution in [2.24, 2.45) is 10.2 Å². The van der Waals surface area contributed by atoms with Crippen LogP contribution in [0.5, 0.6) is 0 Å². The smallest absolute Gasteiger partial charge is 0.217 e. The molecule has 184 valence electrons. The van der Waals surface area contributed by atoms with E-state index in [1.54, 1.807) is 6.20 Å². The lowest BCUT2D eigenvalue weighted by atomic mass is 9.95. The second-order valence-electron chi connectivity index (χ2n) is 9.58. The second kappa shape index (κ2) is 9.91. The topological polar surface area (TPSA) is 116 Å². The summed E-state index contributed by atoms with van der Waals surface area (Å²) in [7, 11) is 0. The molecule has 0 bridgehead atoms. The van der Waals surface area contributed by atoms with Crippen molar-refractivity contribution >= 4 is 28.5 Å². The Morgan fingerprint density at radius 2 is 2.06 bits per heavy atom. The number of carbonyl (C=O) groups is 1. The first-order valence-electron chi connectivity index (χ1n) is 12.2. The van der Waals surface area contributed by atoms with E-state index in [0.717, 1.165) is 52.3 Å². The molecule has 1 aromatic carbocycles. The molecule has 4 heterocycles. The van der Waals surface area contributed by atoms with Crippen molar-refractivity contribution in [3.8, 4) is 17.3 Å². The standard InChI is InChI=1S/C27H29N7O2/c1-16(2)30-23-11-19(26-8-6-21-10-18(13-28)14-29-34(21)26)4-7-22(23)24-12-25(33-32-24)27-9-5-20(15-36-27)31-17(3)35/h4,6-8,10-11,14,16,20,27,30H,5,9,12,15H2,1-3H3,(H,31,35)/t20-,27-/m1/s1. The van der Waals surface area contributed by atoms with Gasteiger partial charge in [-0.05, 0) is 51.0 Å². The molecule has 36 heavy (non-hydrogen) atoms. The number of fused-ring (bicyclic) bond motifs is 1. The van der Waals surface area contributed by atoms with Gasteiger partial charge in [0.25, 0.3) is 0 Å². The zero-order chi connectivity index (χ0) is 25.2. The van der Waals surface area contributed by atoms with Crippen LogP contribution in [0.4, 0.5) is 5.69 Å². The summed E-state index contributed by atoms with van der Waals surface area (Å²) in [6.45, 7) is 6.23. The quantitative estimate of drug-likeness (QED) is 0.551. The molecule has 0 radical (unpaired) electrons. The average Bonchev–Trinajstić information content (AvgIpc) is 3.51. The highest BCUT2D eigenvalue weighted by molar-refractivity contribution is 6.18. The Bertz CT molecular complexity index is 1410. The number of ether oxygens (including phenoxy) is 1. The largest absolute Gasteiger partial charge is 0.382 e. The molecule has 2 aliphatic heterocycles. The molecule has 0 unspecified atom stereocenters. The number of anilines is 1. The third-order valence-electron chi connectivity index (χ3n) is 6.40. The summed E-state index contributed by atoms with van der Waals surface area (Å²) in [5.74, 6) is -0.0321. The lowest BCUT2D eigenvalue weighted by Gasteiger charge is -2.29. The van der Waals surface area contributed by atoms with Crippen molar-refractivity contribution in [2.75, 3.05) is 11.9 Å². The van der Waals surface area contributed by atoms with Crippen LogP contribution in [0.1, 0.15) is 51.2 Å². The van der Waals surface area contributed by atoms with Crippen LogP contribution >= 0.6 is 0 Å². The first-order valence-corrected chi connectivity index (χ1v) is 12.2. The van der Waals surface area contributed by atoms with Crippen LogP contribution in [0.15, 0.2) is 52.8 Å². The monoisotopic (exact) mass is 483 g/mol. The Labute approximate surface area is 209 Å². The maximum atomic E-state index is 11.3. The summed E-state index contributed by atoms with van der Waals surface area (Å²) in [5.41, 5.74) is 7.20. The van der Waals surface area contributed by atoms with Crippen molar-refractivity contribution in [3.05, 3.63) is 53.7 Å². The molecular weight excluding hydrogens is 454 g/mol. The molecular formula is C27H29N7O2. The molecule has 9 heteroatoms. The maximum absolute atomic E-state index is 11.3. The molecule has 0 spiro atoms. The molecule has 3 aromatic rings. The fraction of sp³-hybridized carbons (Fsp3) is 0.370. The third-order valence-corrected chi connectivity index (χ3v) is 6.40. The zero-order valence-corrected chi connectivity index (χ0v) is 20.7. The van der Waals surface area contributed by atoms with Gasteiger partial charge in [0.1, 0.15) is 6.07 Å². The summed E-state index contributed by atoms with van der Waals surface area (Å²) in [5, 5.41) is 29.1. The van der Waals surface area contributed by atoms with Crippen LogP contribution in [-0.2, 0) is 9.53 Å². The average molecular weight is 484 g/mol. The van der Waals surface area contributed by atoms with E-state index >= 15 is 0 Å². The van der Waals surface area contributed by atoms with Gasteiger partial charge in [-0.15, -0.1) is 0 Å². The minimum absolute atomic E-state index is 0.0321. The SMILES string of the molecule is CC(=O)N[C@@H]1CC[C@H](C2=NN=C(c3ccc(-c4ccc5cc(C#N)cnn45)cc3NC(C)C)C2)OC1. The fourth-order valence-corrected chi connectivity index (χ4v) is 4.77. The normalized spacial score (nSPS) is 19.6. The van der Waals surface area contributed by atoms with Gasteiger partial charge in [-0.2, -0.15) is 20.6 Å². The number of nitrogens with zero attached hydrogens (tertiary/aromatic N) is 5. The molecule has 2 aromatic heterocycles. The minimum Gasteiger partial charge on any atom is -0.382 e. The van der Waals surface area contributed by atoms with Crippen molar-refractivity contribution in [1.29, 1.82) is 5.26 Å². The first kappa shape index (κ1) is 23.7. The summed E-state index contributed by atoms with van der Waals surface area (Å²) < 4.78 is 7.86. The van der Waals surface area contributed by atoms with Crippen LogP contribution in [-0.4, -0.2) is 51.7 Å². The molecule has 0 saturated carbocycles. The van der Waals surface area contributed by atoms with Crippen molar-refractivity contribution in [3.63, 3.8) is 0 Å². The third kappa shape index (κ3) is 4.86. The number of benzene rings is 1. The minimum atomic E-state index is -0.0755. The van der Waals surface area contributed by atoms with Crippen LogP contribution < -0.4 is 10.6 Å². The van der Waals surface area contributed by atoms with Gasteiger partial charge in [-0.25, -0.2) is 4.52 Å². The van der Waals surface area contributed by atoms with E-state index in [0.29, 0.717) is 18.6 Å². The molecule has 2 N–H and O–H groups in total. The number of hydrogen-bond acceptors (Lipinski definition) is 7. The highest BCUT2D eigenvalue weighted by Crippen LogP contribution is 2.30. The Kier molecular flexibility index (Phi) is 6.53. The Morgan fingerprint density at radius 3 is 2.78 bits per heavy atom. The van der Waals surface area contributed by atoms with E-state index in [-0.39, 0.29) is 24.1 Å². The van der Waals surface area contributed by atoms with Crippen molar-refractivity contribution in [1.82, 2.24) is 14.9 Å². The predicted octanol–water partition coefficient (Wildman–Crippen LogP) is 3.93. The fourth-order valence-electron chi connectivity index (χ4n) is 4.77. The van der Waals surface area contributed by atoms with Crippen LogP contribution in [0.25, 0.3) is 16.8 Å². The molecule has 9 nitrogen and oxygen atoms in total. The highest BCUT2D eigenvalue weighted by atomic mass is 16.5. The molecule has 2 aliphatic rings. The number of nitriles is 1. The summed E-state index contributed by atoms with van der Waals surface area (Å²) in [6, 6.07) is 14.5.